The summed E-state index contributed by atoms with van der Waals surface area (Å²) >= 11 is 6.29. The molecule has 0 aromatic heterocycles. The van der Waals surface area contributed by atoms with E-state index in [-0.39, 0.29) is 28.8 Å². The zero-order valence-electron chi connectivity index (χ0n) is 24.4. The Morgan fingerprint density at radius 3 is 2.23 bits per heavy atom. The van der Waals surface area contributed by atoms with Crippen LogP contribution >= 0.6 is 11.6 Å². The van der Waals surface area contributed by atoms with Crippen LogP contribution in [-0.2, 0) is 32.3 Å². The van der Waals surface area contributed by atoms with E-state index in [2.05, 4.69) is 5.32 Å². The lowest BCUT2D eigenvalue weighted by molar-refractivity contribution is -0.140. The van der Waals surface area contributed by atoms with Gasteiger partial charge >= 0.3 is 6.18 Å². The second kappa shape index (κ2) is 14.3. The van der Waals surface area contributed by atoms with Gasteiger partial charge < -0.3 is 10.2 Å². The van der Waals surface area contributed by atoms with Crippen LogP contribution in [0.1, 0.15) is 43.9 Å². The van der Waals surface area contributed by atoms with E-state index in [9.17, 15) is 31.2 Å². The number of alkyl halides is 3. The van der Waals surface area contributed by atoms with Crippen molar-refractivity contribution in [1.82, 2.24) is 10.2 Å². The first kappa shape index (κ1) is 33.9. The molecule has 3 rings (SSSR count). The third-order valence-electron chi connectivity index (χ3n) is 6.66. The van der Waals surface area contributed by atoms with Gasteiger partial charge in [0.25, 0.3) is 10.0 Å². The Kier molecular flexibility index (Phi) is 11.3. The summed E-state index contributed by atoms with van der Waals surface area (Å²) in [6, 6.07) is 15.6. The van der Waals surface area contributed by atoms with Gasteiger partial charge in [0, 0.05) is 13.1 Å². The summed E-state index contributed by atoms with van der Waals surface area (Å²) in [7, 11) is -4.59. The van der Waals surface area contributed by atoms with Crippen molar-refractivity contribution in [2.45, 2.75) is 57.8 Å². The third kappa shape index (κ3) is 8.73. The van der Waals surface area contributed by atoms with E-state index in [0.29, 0.717) is 22.5 Å². The summed E-state index contributed by atoms with van der Waals surface area (Å²) in [4.78, 5) is 28.4. The monoisotopic (exact) mass is 637 g/mol. The number of rotatable bonds is 12. The van der Waals surface area contributed by atoms with Crippen LogP contribution < -0.4 is 9.62 Å². The van der Waals surface area contributed by atoms with Crippen molar-refractivity contribution in [1.29, 1.82) is 0 Å². The van der Waals surface area contributed by atoms with E-state index in [0.717, 1.165) is 17.7 Å². The average molecular weight is 638 g/mol. The second-order valence-electron chi connectivity index (χ2n) is 10.6. The molecule has 0 saturated heterocycles. The molecule has 0 aliphatic rings. The highest BCUT2D eigenvalue weighted by Crippen LogP contribution is 2.37. The maximum atomic E-state index is 14.1. The highest BCUT2D eigenvalue weighted by molar-refractivity contribution is 7.92. The molecule has 0 bridgehead atoms. The molecule has 3 aromatic carbocycles. The second-order valence-corrected chi connectivity index (χ2v) is 12.8. The Morgan fingerprint density at radius 2 is 1.65 bits per heavy atom. The van der Waals surface area contributed by atoms with Gasteiger partial charge in [0.2, 0.25) is 11.8 Å². The third-order valence-corrected chi connectivity index (χ3v) is 8.75. The van der Waals surface area contributed by atoms with Gasteiger partial charge in [-0.3, -0.25) is 13.9 Å². The zero-order chi connectivity index (χ0) is 31.9. The van der Waals surface area contributed by atoms with Gasteiger partial charge in [-0.15, -0.1) is 0 Å². The van der Waals surface area contributed by atoms with Crippen LogP contribution in [0.4, 0.5) is 18.9 Å². The van der Waals surface area contributed by atoms with E-state index >= 15 is 0 Å². The summed E-state index contributed by atoms with van der Waals surface area (Å²) in [5.74, 6) is -1.08. The number of anilines is 1. The molecule has 0 aliphatic carbocycles. The lowest BCUT2D eigenvalue weighted by Crippen LogP contribution is -2.52. The topological polar surface area (TPSA) is 86.8 Å². The Bertz CT molecular complexity index is 1530. The molecule has 1 atom stereocenters. The average Bonchev–Trinajstić information content (AvgIpc) is 2.94. The first-order valence-electron chi connectivity index (χ1n) is 13.7. The summed E-state index contributed by atoms with van der Waals surface area (Å²) < 4.78 is 69.4. The molecule has 7 nitrogen and oxygen atoms in total. The van der Waals surface area contributed by atoms with E-state index in [4.69, 9.17) is 11.6 Å². The molecule has 232 valence electrons. The van der Waals surface area contributed by atoms with Crippen LogP contribution in [-0.4, -0.2) is 44.3 Å². The minimum absolute atomic E-state index is 0.0380. The largest absolute Gasteiger partial charge is 0.416 e. The van der Waals surface area contributed by atoms with Gasteiger partial charge in [0.15, 0.2) is 0 Å². The molecule has 2 amide bonds. The van der Waals surface area contributed by atoms with Crippen molar-refractivity contribution < 1.29 is 31.2 Å². The molecule has 0 aliphatic heterocycles. The Hall–Kier alpha value is -3.57. The lowest BCUT2D eigenvalue weighted by atomic mass is 10.1. The molecular formula is C31H35ClF3N3O4S. The number of carbonyl (C=O) groups excluding carboxylic acids is 2. The first-order valence-corrected chi connectivity index (χ1v) is 15.5. The number of halogens is 4. The summed E-state index contributed by atoms with van der Waals surface area (Å²) in [6.07, 6.45) is -4.60. The van der Waals surface area contributed by atoms with Crippen molar-refractivity contribution in [3.8, 4) is 0 Å². The number of amides is 2. The van der Waals surface area contributed by atoms with Crippen molar-refractivity contribution in [3.05, 3.63) is 94.5 Å². The van der Waals surface area contributed by atoms with Crippen LogP contribution in [0.25, 0.3) is 0 Å². The predicted molar refractivity (Wildman–Crippen MR) is 161 cm³/mol. The summed E-state index contributed by atoms with van der Waals surface area (Å²) in [6.45, 7) is 6.84. The molecule has 12 heteroatoms. The van der Waals surface area contributed by atoms with Crippen LogP contribution in [0.5, 0.6) is 0 Å². The van der Waals surface area contributed by atoms with E-state index in [1.807, 2.05) is 32.9 Å². The smallest absolute Gasteiger partial charge is 0.354 e. The summed E-state index contributed by atoms with van der Waals surface area (Å²) in [5.41, 5.74) is -0.0468. The fourth-order valence-electron chi connectivity index (χ4n) is 4.46. The highest BCUT2D eigenvalue weighted by Gasteiger charge is 2.37. The molecule has 0 unspecified atom stereocenters. The quantitative estimate of drug-likeness (QED) is 0.248. The van der Waals surface area contributed by atoms with E-state index < -0.39 is 51.9 Å². The Morgan fingerprint density at radius 1 is 0.977 bits per heavy atom. The molecular weight excluding hydrogens is 603 g/mol. The number of aryl methyl sites for hydroxylation is 1. The van der Waals surface area contributed by atoms with Gasteiger partial charge in [-0.05, 0) is 55.2 Å². The van der Waals surface area contributed by atoms with E-state index in [1.165, 1.54) is 29.2 Å². The Labute approximate surface area is 255 Å². The van der Waals surface area contributed by atoms with Gasteiger partial charge in [-0.1, -0.05) is 80.4 Å². The van der Waals surface area contributed by atoms with Crippen LogP contribution in [0.2, 0.25) is 5.02 Å². The molecule has 0 fully saturated rings. The zero-order valence-corrected chi connectivity index (χ0v) is 25.9. The maximum absolute atomic E-state index is 14.1. The number of benzene rings is 3. The fourth-order valence-corrected chi connectivity index (χ4v) is 6.18. The molecule has 1 N–H and O–H groups in total. The van der Waals surface area contributed by atoms with Crippen LogP contribution in [0.15, 0.2) is 77.7 Å². The number of nitrogens with zero attached hydrogens (tertiary/aromatic N) is 2. The van der Waals surface area contributed by atoms with E-state index in [1.54, 1.807) is 25.1 Å². The number of carbonyl (C=O) groups is 2. The Balaban J connectivity index is 2.14. The lowest BCUT2D eigenvalue weighted by Gasteiger charge is -2.33. The van der Waals surface area contributed by atoms with Gasteiger partial charge in [-0.2, -0.15) is 13.2 Å². The first-order chi connectivity index (χ1) is 20.1. The number of sulfonamides is 1. The number of hydrogen-bond acceptors (Lipinski definition) is 4. The minimum atomic E-state index is -4.80. The van der Waals surface area contributed by atoms with Crippen LogP contribution in [0.3, 0.4) is 0 Å². The molecule has 0 saturated carbocycles. The van der Waals surface area contributed by atoms with Crippen molar-refractivity contribution in [2.75, 3.05) is 17.4 Å². The minimum Gasteiger partial charge on any atom is -0.354 e. The van der Waals surface area contributed by atoms with Crippen molar-refractivity contribution in [2.24, 2.45) is 5.92 Å². The fraction of sp³-hybridized carbons (Fsp3) is 0.355. The summed E-state index contributed by atoms with van der Waals surface area (Å²) in [5, 5.41) is 2.53. The SMILES string of the molecule is CC[C@@H](C(=O)NCC(C)C)N(Cc1cccc(C)c1)C(=O)CN(c1cc(C(F)(F)F)ccc1Cl)S(=O)(=O)c1ccccc1. The molecule has 43 heavy (non-hydrogen) atoms. The number of hydrogen-bond donors (Lipinski definition) is 1. The molecule has 0 radical (unpaired) electrons. The predicted octanol–water partition coefficient (Wildman–Crippen LogP) is 6.44. The van der Waals surface area contributed by atoms with Crippen LogP contribution in [0, 0.1) is 12.8 Å². The standard InChI is InChI=1S/C31H35ClF3N3O4S/c1-5-27(30(40)36-18-21(2)3)37(19-23-11-9-10-22(4)16-23)29(39)20-38(43(41,42)25-12-7-6-8-13-25)28-17-24(31(33,34)35)14-15-26(28)32/h6-17,21,27H,5,18-20H2,1-4H3,(H,36,40)/t27-/m0/s1. The molecule has 0 heterocycles. The van der Waals surface area contributed by atoms with Gasteiger partial charge in [-0.25, -0.2) is 8.42 Å². The van der Waals surface area contributed by atoms with Gasteiger partial charge in [0.1, 0.15) is 12.6 Å². The maximum Gasteiger partial charge on any atom is 0.416 e. The normalized spacial score (nSPS) is 12.6. The molecule has 3 aromatic rings. The molecule has 0 spiro atoms. The highest BCUT2D eigenvalue weighted by atomic mass is 35.5. The van der Waals surface area contributed by atoms with Crippen molar-refractivity contribution in [3.63, 3.8) is 0 Å². The van der Waals surface area contributed by atoms with Gasteiger partial charge in [0.05, 0.1) is 21.2 Å². The van der Waals surface area contributed by atoms with Crippen molar-refractivity contribution >= 4 is 39.1 Å². The number of nitrogens with one attached hydrogen (secondary N) is 1.